The van der Waals surface area contributed by atoms with E-state index in [1.807, 2.05) is 14.1 Å². The summed E-state index contributed by atoms with van der Waals surface area (Å²) in [5, 5.41) is 3.59. The van der Waals surface area contributed by atoms with Gasteiger partial charge in [-0.2, -0.15) is 0 Å². The molecular formula is C7H9Cl3N2. The molecule has 0 saturated carbocycles. The lowest BCUT2D eigenvalue weighted by Gasteiger charge is -2.18. The van der Waals surface area contributed by atoms with E-state index >= 15 is 0 Å². The van der Waals surface area contributed by atoms with Crippen molar-refractivity contribution >= 4 is 34.8 Å². The molecule has 0 aliphatic carbocycles. The fourth-order valence-corrected chi connectivity index (χ4v) is 0.414. The molecule has 0 saturated heterocycles. The van der Waals surface area contributed by atoms with Crippen LogP contribution in [0.25, 0.3) is 0 Å². The Morgan fingerprint density at radius 2 is 1.58 bits per heavy atom. The van der Waals surface area contributed by atoms with Crippen molar-refractivity contribution in [1.29, 1.82) is 0 Å². The van der Waals surface area contributed by atoms with Crippen LogP contribution in [0.15, 0.2) is 9.52 Å². The molecule has 0 atom stereocenters. The largest absolute Gasteiger partial charge is 0.268 e. The Balaban J connectivity index is 4.32. The Hall–Kier alpha value is -0.0700. The monoisotopic (exact) mass is 226 g/mol. The first kappa shape index (κ1) is 11.9. The number of hydrogen-bond donors (Lipinski definition) is 0. The van der Waals surface area contributed by atoms with Gasteiger partial charge in [0.1, 0.15) is 9.52 Å². The quantitative estimate of drug-likeness (QED) is 0.385. The van der Waals surface area contributed by atoms with Crippen LogP contribution in [0.2, 0.25) is 0 Å². The first-order chi connectivity index (χ1) is 5.45. The zero-order chi connectivity index (χ0) is 9.72. The molecule has 0 aliphatic rings. The molecule has 0 rings (SSSR count). The van der Waals surface area contributed by atoms with Gasteiger partial charge < -0.3 is 0 Å². The van der Waals surface area contributed by atoms with Crippen molar-refractivity contribution in [1.82, 2.24) is 10.0 Å². The Kier molecular flexibility index (Phi) is 5.52. The van der Waals surface area contributed by atoms with Crippen LogP contribution in [0, 0.1) is 12.0 Å². The Morgan fingerprint density at radius 1 is 1.08 bits per heavy atom. The van der Waals surface area contributed by atoms with Gasteiger partial charge in [0.2, 0.25) is 0 Å². The second-order valence-corrected chi connectivity index (χ2v) is 3.51. The van der Waals surface area contributed by atoms with Gasteiger partial charge in [-0.3, -0.25) is 5.01 Å². The minimum Gasteiger partial charge on any atom is -0.268 e. The normalized spacial score (nSPS) is 8.92. The van der Waals surface area contributed by atoms with E-state index in [0.717, 1.165) is 0 Å². The van der Waals surface area contributed by atoms with Crippen LogP contribution in [0.4, 0.5) is 0 Å². The Bertz CT molecular complexity index is 233. The van der Waals surface area contributed by atoms with E-state index in [4.69, 9.17) is 34.8 Å². The van der Waals surface area contributed by atoms with E-state index in [1.165, 1.54) is 0 Å². The first-order valence-electron chi connectivity index (χ1n) is 3.08. The molecule has 0 aromatic heterocycles. The third kappa shape index (κ3) is 4.74. The van der Waals surface area contributed by atoms with Crippen LogP contribution in [-0.4, -0.2) is 31.2 Å². The van der Waals surface area contributed by atoms with Gasteiger partial charge in [0.25, 0.3) is 0 Å². The number of hydrogen-bond acceptors (Lipinski definition) is 2. The van der Waals surface area contributed by atoms with E-state index in [1.54, 1.807) is 17.1 Å². The van der Waals surface area contributed by atoms with E-state index in [2.05, 4.69) is 12.0 Å². The summed E-state index contributed by atoms with van der Waals surface area (Å²) in [7, 11) is 5.50. The lowest BCUT2D eigenvalue weighted by atomic mass is 10.6. The van der Waals surface area contributed by atoms with Crippen LogP contribution in [0.1, 0.15) is 0 Å². The zero-order valence-electron chi connectivity index (χ0n) is 7.03. The van der Waals surface area contributed by atoms with Crippen molar-refractivity contribution in [2.45, 2.75) is 0 Å². The molecule has 0 bridgehead atoms. The highest BCUT2D eigenvalue weighted by Gasteiger charge is 1.94. The highest BCUT2D eigenvalue weighted by Crippen LogP contribution is 2.16. The summed E-state index contributed by atoms with van der Waals surface area (Å²) >= 11 is 16.3. The van der Waals surface area contributed by atoms with Crippen molar-refractivity contribution in [2.75, 3.05) is 21.1 Å². The molecule has 0 spiro atoms. The average molecular weight is 228 g/mol. The predicted molar refractivity (Wildman–Crippen MR) is 53.8 cm³/mol. The minimum atomic E-state index is -0.0173. The standard InChI is InChI=1S/C7H9Cl3N2/c1-11(2)12(3)5-4-6(8)7(9)10/h1-3H3. The molecule has 0 N–H and O–H groups in total. The summed E-state index contributed by atoms with van der Waals surface area (Å²) in [6.07, 6.45) is 0. The second-order valence-electron chi connectivity index (χ2n) is 2.18. The van der Waals surface area contributed by atoms with Gasteiger partial charge in [-0.15, -0.1) is 0 Å². The minimum absolute atomic E-state index is 0.0173. The number of hydrazine groups is 1. The molecule has 0 aromatic rings. The van der Waals surface area contributed by atoms with Gasteiger partial charge in [0, 0.05) is 27.2 Å². The molecule has 0 unspecified atom stereocenters. The fourth-order valence-electron chi connectivity index (χ4n) is 0.277. The molecule has 0 amide bonds. The maximum atomic E-state index is 5.56. The zero-order valence-corrected chi connectivity index (χ0v) is 9.30. The van der Waals surface area contributed by atoms with Crippen molar-refractivity contribution in [3.63, 3.8) is 0 Å². The van der Waals surface area contributed by atoms with Gasteiger partial charge in [-0.25, -0.2) is 5.01 Å². The van der Waals surface area contributed by atoms with E-state index in [0.29, 0.717) is 0 Å². The molecule has 0 aliphatic heterocycles. The summed E-state index contributed by atoms with van der Waals surface area (Å²) in [5.41, 5.74) is 0. The maximum absolute atomic E-state index is 5.56. The van der Waals surface area contributed by atoms with E-state index in [9.17, 15) is 0 Å². The third-order valence-corrected chi connectivity index (χ3v) is 1.95. The maximum Gasteiger partial charge on any atom is 0.133 e. The van der Waals surface area contributed by atoms with Crippen LogP contribution in [0.5, 0.6) is 0 Å². The van der Waals surface area contributed by atoms with E-state index in [-0.39, 0.29) is 9.52 Å². The van der Waals surface area contributed by atoms with Crippen LogP contribution in [0.3, 0.4) is 0 Å². The van der Waals surface area contributed by atoms with Crippen molar-refractivity contribution < 1.29 is 0 Å². The lowest BCUT2D eigenvalue weighted by Crippen LogP contribution is -2.28. The van der Waals surface area contributed by atoms with Gasteiger partial charge in [-0.1, -0.05) is 34.8 Å². The number of rotatable bonds is 1. The van der Waals surface area contributed by atoms with Gasteiger partial charge in [-0.05, 0) is 5.92 Å². The first-order valence-corrected chi connectivity index (χ1v) is 4.22. The fraction of sp³-hybridized carbons (Fsp3) is 0.429. The van der Waals surface area contributed by atoms with Crippen molar-refractivity contribution in [3.8, 4) is 12.0 Å². The molecule has 68 valence electrons. The summed E-state index contributed by atoms with van der Waals surface area (Å²) < 4.78 is -0.0173. The summed E-state index contributed by atoms with van der Waals surface area (Å²) in [6, 6.07) is 2.71. The summed E-state index contributed by atoms with van der Waals surface area (Å²) in [4.78, 5) is 0. The smallest absolute Gasteiger partial charge is 0.133 e. The molecule has 0 radical (unpaired) electrons. The number of halogens is 3. The molecule has 0 aromatic carbocycles. The van der Waals surface area contributed by atoms with Crippen LogP contribution >= 0.6 is 34.8 Å². The van der Waals surface area contributed by atoms with Gasteiger partial charge in [0.15, 0.2) is 0 Å². The molecule has 0 fully saturated rings. The van der Waals surface area contributed by atoms with Crippen LogP contribution in [-0.2, 0) is 0 Å². The highest BCUT2D eigenvalue weighted by atomic mass is 35.5. The molecule has 5 heteroatoms. The van der Waals surface area contributed by atoms with E-state index < -0.39 is 0 Å². The second kappa shape index (κ2) is 5.55. The molecular weight excluding hydrogens is 218 g/mol. The average Bonchev–Trinajstić information content (AvgIpc) is 1.98. The Morgan fingerprint density at radius 3 is 1.92 bits per heavy atom. The molecule has 12 heavy (non-hydrogen) atoms. The summed E-state index contributed by atoms with van der Waals surface area (Å²) in [6.45, 7) is 0. The molecule has 2 nitrogen and oxygen atoms in total. The topological polar surface area (TPSA) is 6.48 Å². The Labute approximate surface area is 87.6 Å². The van der Waals surface area contributed by atoms with Gasteiger partial charge >= 0.3 is 0 Å². The third-order valence-electron chi connectivity index (χ3n) is 1.09. The van der Waals surface area contributed by atoms with Crippen molar-refractivity contribution in [3.05, 3.63) is 9.52 Å². The summed E-state index contributed by atoms with van der Waals surface area (Å²) in [5.74, 6) is 2.58. The van der Waals surface area contributed by atoms with Gasteiger partial charge in [0.05, 0.1) is 0 Å². The highest BCUT2D eigenvalue weighted by molar-refractivity contribution is 6.59. The molecule has 0 heterocycles. The number of nitrogens with zero attached hydrogens (tertiary/aromatic N) is 2. The van der Waals surface area contributed by atoms with Crippen molar-refractivity contribution in [2.24, 2.45) is 0 Å². The predicted octanol–water partition coefficient (Wildman–Crippen LogP) is 2.24. The van der Waals surface area contributed by atoms with Crippen LogP contribution < -0.4 is 0 Å². The number of allylic oxidation sites excluding steroid dienone is 1. The lowest BCUT2D eigenvalue weighted by molar-refractivity contribution is 0.130. The SMILES string of the molecule is CN(C)N(C)C#CC(Cl)=C(Cl)Cl.